The molecule has 0 saturated heterocycles. The zero-order valence-electron chi connectivity index (χ0n) is 21.3. The van der Waals surface area contributed by atoms with Crippen molar-refractivity contribution in [1.82, 2.24) is 19.7 Å². The summed E-state index contributed by atoms with van der Waals surface area (Å²) in [5.74, 6) is -3.53. The average Bonchev–Trinajstić information content (AvgIpc) is 3.33. The Bertz CT molecular complexity index is 1230. The first-order valence-electron chi connectivity index (χ1n) is 12.9. The van der Waals surface area contributed by atoms with Crippen molar-refractivity contribution in [2.24, 2.45) is 11.8 Å². The number of ketones is 1. The van der Waals surface area contributed by atoms with Crippen LogP contribution in [-0.2, 0) is 11.0 Å². The van der Waals surface area contributed by atoms with Gasteiger partial charge in [0.05, 0.1) is 45.9 Å². The molecule has 2 aromatic heterocycles. The zero-order chi connectivity index (χ0) is 28.5. The number of hydrogen-bond acceptors (Lipinski definition) is 5. The van der Waals surface area contributed by atoms with Crippen LogP contribution in [0.25, 0.3) is 0 Å². The third-order valence-corrected chi connectivity index (χ3v) is 8.39. The maximum atomic E-state index is 14.5. The van der Waals surface area contributed by atoms with E-state index in [1.165, 1.54) is 17.3 Å². The number of rotatable bonds is 7. The van der Waals surface area contributed by atoms with Gasteiger partial charge in [0.15, 0.2) is 11.5 Å². The number of carboxylic acid groups (broad SMARTS) is 1. The lowest BCUT2D eigenvalue weighted by atomic mass is 9.78. The first kappa shape index (κ1) is 29.3. The lowest BCUT2D eigenvalue weighted by Crippen LogP contribution is -2.45. The fourth-order valence-electron chi connectivity index (χ4n) is 5.86. The van der Waals surface area contributed by atoms with E-state index in [4.69, 9.17) is 23.2 Å². The van der Waals surface area contributed by atoms with Gasteiger partial charge in [-0.25, -0.2) is 0 Å². The highest BCUT2D eigenvalue weighted by Crippen LogP contribution is 2.41. The van der Waals surface area contributed by atoms with Crippen molar-refractivity contribution in [3.05, 3.63) is 45.5 Å². The Morgan fingerprint density at radius 3 is 2.26 bits per heavy atom. The number of aromatic nitrogens is 3. The molecule has 0 aromatic carbocycles. The van der Waals surface area contributed by atoms with Crippen molar-refractivity contribution in [3.63, 3.8) is 0 Å². The summed E-state index contributed by atoms with van der Waals surface area (Å²) in [5, 5.41) is 13.4. The molecule has 2 unspecified atom stereocenters. The van der Waals surface area contributed by atoms with Crippen LogP contribution in [0.5, 0.6) is 0 Å². The SMILES string of the molecule is CC1C[C@@H](n2ncc(C(=O)N(CC(=O)c3c(Cl)cncc3Cl)C3CCCCC3)c2C(F)(F)F)CCC1C(=O)O. The number of pyridine rings is 1. The topological polar surface area (TPSA) is 105 Å². The summed E-state index contributed by atoms with van der Waals surface area (Å²) in [6.45, 7) is 1.19. The summed E-state index contributed by atoms with van der Waals surface area (Å²) in [5.41, 5.74) is -1.87. The third-order valence-electron chi connectivity index (χ3n) is 7.82. The van der Waals surface area contributed by atoms with Gasteiger partial charge in [0.25, 0.3) is 5.91 Å². The van der Waals surface area contributed by atoms with E-state index < -0.39 is 59.6 Å². The maximum Gasteiger partial charge on any atom is 0.433 e. The minimum Gasteiger partial charge on any atom is -0.481 e. The molecule has 2 saturated carbocycles. The predicted molar refractivity (Wildman–Crippen MR) is 137 cm³/mol. The van der Waals surface area contributed by atoms with E-state index in [0.717, 1.165) is 30.1 Å². The molecule has 0 radical (unpaired) electrons. The Morgan fingerprint density at radius 2 is 1.69 bits per heavy atom. The van der Waals surface area contributed by atoms with E-state index in [-0.39, 0.29) is 40.8 Å². The van der Waals surface area contributed by atoms with Gasteiger partial charge in [-0.15, -0.1) is 0 Å². The molecular weight excluding hydrogens is 560 g/mol. The molecule has 2 fully saturated rings. The summed E-state index contributed by atoms with van der Waals surface area (Å²) in [7, 11) is 0. The van der Waals surface area contributed by atoms with Crippen LogP contribution in [0.4, 0.5) is 13.2 Å². The molecule has 13 heteroatoms. The molecule has 2 aliphatic rings. The average molecular weight is 589 g/mol. The Morgan fingerprint density at radius 1 is 1.05 bits per heavy atom. The van der Waals surface area contributed by atoms with Crippen LogP contribution in [0, 0.1) is 11.8 Å². The summed E-state index contributed by atoms with van der Waals surface area (Å²) >= 11 is 12.3. The fourth-order valence-corrected chi connectivity index (χ4v) is 6.44. The molecule has 0 bridgehead atoms. The second kappa shape index (κ2) is 11.8. The maximum absolute atomic E-state index is 14.5. The number of carboxylic acids is 1. The van der Waals surface area contributed by atoms with Gasteiger partial charge < -0.3 is 10.0 Å². The molecule has 0 spiro atoms. The number of nitrogens with zero attached hydrogens (tertiary/aromatic N) is 4. The van der Waals surface area contributed by atoms with Crippen LogP contribution in [-0.4, -0.2) is 55.0 Å². The van der Waals surface area contributed by atoms with Crippen LogP contribution < -0.4 is 0 Å². The largest absolute Gasteiger partial charge is 0.481 e. The molecule has 1 N–H and O–H groups in total. The minimum atomic E-state index is -4.91. The van der Waals surface area contributed by atoms with Crippen LogP contribution >= 0.6 is 23.2 Å². The Labute approximate surface area is 233 Å². The molecule has 212 valence electrons. The van der Waals surface area contributed by atoms with Crippen LogP contribution in [0.2, 0.25) is 10.0 Å². The highest BCUT2D eigenvalue weighted by atomic mass is 35.5. The van der Waals surface area contributed by atoms with Crippen molar-refractivity contribution < 1.29 is 32.7 Å². The van der Waals surface area contributed by atoms with Crippen LogP contribution in [0.1, 0.15) is 90.7 Å². The molecule has 3 atom stereocenters. The summed E-state index contributed by atoms with van der Waals surface area (Å²) in [6, 6.07) is -1.15. The number of carbonyl (C=O) groups excluding carboxylic acids is 2. The normalized spacial score (nSPS) is 22.5. The van der Waals surface area contributed by atoms with Gasteiger partial charge in [0.1, 0.15) is 0 Å². The van der Waals surface area contributed by atoms with Crippen LogP contribution in [0.15, 0.2) is 18.6 Å². The van der Waals surface area contributed by atoms with Gasteiger partial charge in [0.2, 0.25) is 0 Å². The second-order valence-corrected chi connectivity index (χ2v) is 11.2. The fraction of sp³-hybridized carbons (Fsp3) is 0.577. The second-order valence-electron chi connectivity index (χ2n) is 10.4. The highest BCUT2D eigenvalue weighted by Gasteiger charge is 2.45. The molecule has 39 heavy (non-hydrogen) atoms. The van der Waals surface area contributed by atoms with E-state index in [2.05, 4.69) is 10.1 Å². The van der Waals surface area contributed by atoms with Crippen molar-refractivity contribution >= 4 is 40.9 Å². The molecular formula is C26H29Cl2F3N4O4. The Balaban J connectivity index is 1.69. The smallest absolute Gasteiger partial charge is 0.433 e. The quantitative estimate of drug-likeness (QED) is 0.379. The minimum absolute atomic E-state index is 0.0153. The molecule has 1 amide bonds. The van der Waals surface area contributed by atoms with Crippen molar-refractivity contribution in [2.75, 3.05) is 6.54 Å². The van der Waals surface area contributed by atoms with E-state index in [9.17, 15) is 32.7 Å². The molecule has 2 aromatic rings. The number of halogens is 5. The lowest BCUT2D eigenvalue weighted by molar-refractivity contribution is -0.149. The molecule has 2 aliphatic carbocycles. The van der Waals surface area contributed by atoms with E-state index in [1.807, 2.05) is 0 Å². The number of hydrogen-bond donors (Lipinski definition) is 1. The summed E-state index contributed by atoms with van der Waals surface area (Å²) < 4.78 is 44.2. The van der Waals surface area contributed by atoms with Crippen molar-refractivity contribution in [2.45, 2.75) is 76.6 Å². The summed E-state index contributed by atoms with van der Waals surface area (Å²) in [4.78, 5) is 43.6. The Hall–Kier alpha value is -2.66. The Kier molecular flexibility index (Phi) is 8.90. The van der Waals surface area contributed by atoms with Crippen molar-refractivity contribution in [1.29, 1.82) is 0 Å². The van der Waals surface area contributed by atoms with Crippen molar-refractivity contribution in [3.8, 4) is 0 Å². The monoisotopic (exact) mass is 588 g/mol. The number of amides is 1. The number of alkyl halides is 3. The number of carbonyl (C=O) groups is 3. The van der Waals surface area contributed by atoms with Gasteiger partial charge in [-0.1, -0.05) is 49.4 Å². The van der Waals surface area contributed by atoms with E-state index in [1.54, 1.807) is 6.92 Å². The van der Waals surface area contributed by atoms with Gasteiger partial charge >= 0.3 is 12.1 Å². The van der Waals surface area contributed by atoms with Gasteiger partial charge in [-0.05, 0) is 38.0 Å². The molecule has 2 heterocycles. The standard InChI is InChI=1S/C26H29Cl2F3N4O4/c1-14-9-16(7-8-17(14)25(38)39)35-23(26(29,30)31)18(10-33-35)24(37)34(15-5-3-2-4-6-15)13-21(36)22-19(27)11-32-12-20(22)28/h10-12,14-17H,2-9,13H2,1H3,(H,38,39)/t14?,16-,17?/m0/s1. The molecule has 8 nitrogen and oxygen atoms in total. The highest BCUT2D eigenvalue weighted by molar-refractivity contribution is 6.39. The number of Topliss-reactive ketones (excluding diaryl/α,β-unsaturated/α-hetero) is 1. The first-order valence-corrected chi connectivity index (χ1v) is 13.7. The van der Waals surface area contributed by atoms with E-state index in [0.29, 0.717) is 12.8 Å². The molecule has 4 rings (SSSR count). The summed E-state index contributed by atoms with van der Waals surface area (Å²) in [6.07, 6.45) is 2.60. The first-order chi connectivity index (χ1) is 18.4. The van der Waals surface area contributed by atoms with Gasteiger partial charge in [0, 0.05) is 18.4 Å². The van der Waals surface area contributed by atoms with Gasteiger partial charge in [-0.2, -0.15) is 18.3 Å². The molecule has 0 aliphatic heterocycles. The number of aliphatic carboxylic acids is 1. The zero-order valence-corrected chi connectivity index (χ0v) is 22.8. The third kappa shape index (κ3) is 6.24. The lowest BCUT2D eigenvalue weighted by Gasteiger charge is -2.35. The van der Waals surface area contributed by atoms with Gasteiger partial charge in [-0.3, -0.25) is 24.0 Å². The van der Waals surface area contributed by atoms with Crippen LogP contribution in [0.3, 0.4) is 0 Å². The van der Waals surface area contributed by atoms with E-state index >= 15 is 0 Å². The predicted octanol–water partition coefficient (Wildman–Crippen LogP) is 6.32.